The summed E-state index contributed by atoms with van der Waals surface area (Å²) in [6, 6.07) is 7.86. The van der Waals surface area contributed by atoms with Crippen LogP contribution < -0.4 is 16.4 Å². The Morgan fingerprint density at radius 1 is 1.19 bits per heavy atom. The van der Waals surface area contributed by atoms with Gasteiger partial charge in [0.25, 0.3) is 0 Å². The average Bonchev–Trinajstić information content (AvgIpc) is 2.75. The minimum absolute atomic E-state index is 0.0110. The molecule has 0 unspecified atom stereocenters. The molecular formula is C16H16BrN3O. The van der Waals surface area contributed by atoms with Gasteiger partial charge in [0.15, 0.2) is 0 Å². The van der Waals surface area contributed by atoms with E-state index in [1.165, 1.54) is 0 Å². The maximum atomic E-state index is 11.4. The van der Waals surface area contributed by atoms with Crippen molar-refractivity contribution < 1.29 is 4.79 Å². The van der Waals surface area contributed by atoms with E-state index in [9.17, 15) is 4.79 Å². The van der Waals surface area contributed by atoms with E-state index >= 15 is 0 Å². The summed E-state index contributed by atoms with van der Waals surface area (Å²) in [5.74, 6) is 0.0110. The van der Waals surface area contributed by atoms with E-state index in [1.54, 1.807) is 0 Å². The summed E-state index contributed by atoms with van der Waals surface area (Å²) in [6.45, 7) is 4.10. The first-order valence-corrected chi connectivity index (χ1v) is 7.49. The number of nitrogen functional groups attached to an aromatic ring is 1. The summed E-state index contributed by atoms with van der Waals surface area (Å²) in [6.07, 6.45) is 0.399. The molecule has 5 heteroatoms. The van der Waals surface area contributed by atoms with Gasteiger partial charge in [0.2, 0.25) is 5.91 Å². The number of hydrogen-bond donors (Lipinski definition) is 3. The predicted octanol–water partition coefficient (Wildman–Crippen LogP) is 3.89. The number of carbonyl (C=O) groups excluding carboxylic acids is 1. The molecule has 1 aliphatic rings. The minimum Gasteiger partial charge on any atom is -0.397 e. The van der Waals surface area contributed by atoms with E-state index < -0.39 is 0 Å². The molecule has 1 aliphatic heterocycles. The monoisotopic (exact) mass is 345 g/mol. The standard InChI is InChI=1S/C16H16BrN3O/c1-8-3-11(4-9(2)16(8)17)19-14-7-13-10(5-12(14)18)6-15(21)20-13/h3-5,7,19H,6,18H2,1-2H3,(H,20,21). The molecule has 1 heterocycles. The fraction of sp³-hybridized carbons (Fsp3) is 0.188. The van der Waals surface area contributed by atoms with Crippen molar-refractivity contribution in [3.63, 3.8) is 0 Å². The van der Waals surface area contributed by atoms with Crippen molar-refractivity contribution >= 4 is 44.6 Å². The molecule has 108 valence electrons. The van der Waals surface area contributed by atoms with Crippen molar-refractivity contribution in [3.05, 3.63) is 45.4 Å². The van der Waals surface area contributed by atoms with Gasteiger partial charge in [-0.25, -0.2) is 0 Å². The largest absolute Gasteiger partial charge is 0.397 e. The molecule has 0 saturated heterocycles. The van der Waals surface area contributed by atoms with Crippen LogP contribution in [0.3, 0.4) is 0 Å². The average molecular weight is 346 g/mol. The Morgan fingerprint density at radius 3 is 2.52 bits per heavy atom. The van der Waals surface area contributed by atoms with Crippen molar-refractivity contribution in [1.82, 2.24) is 0 Å². The normalized spacial score (nSPS) is 13.0. The molecule has 0 bridgehead atoms. The lowest BCUT2D eigenvalue weighted by Gasteiger charge is -2.14. The van der Waals surface area contributed by atoms with Crippen LogP contribution >= 0.6 is 15.9 Å². The van der Waals surface area contributed by atoms with Gasteiger partial charge in [0, 0.05) is 15.8 Å². The number of anilines is 4. The number of carbonyl (C=O) groups is 1. The lowest BCUT2D eigenvalue weighted by atomic mass is 10.1. The molecule has 2 aromatic carbocycles. The zero-order chi connectivity index (χ0) is 15.1. The molecule has 0 spiro atoms. The highest BCUT2D eigenvalue weighted by atomic mass is 79.9. The number of hydrogen-bond acceptors (Lipinski definition) is 3. The van der Waals surface area contributed by atoms with Gasteiger partial charge in [-0.1, -0.05) is 15.9 Å². The van der Waals surface area contributed by atoms with Gasteiger partial charge in [0.05, 0.1) is 17.8 Å². The van der Waals surface area contributed by atoms with Crippen LogP contribution in [0.1, 0.15) is 16.7 Å². The summed E-state index contributed by atoms with van der Waals surface area (Å²) in [5, 5.41) is 6.17. The first kappa shape index (κ1) is 13.9. The van der Waals surface area contributed by atoms with E-state index in [4.69, 9.17) is 5.73 Å². The molecule has 3 rings (SSSR count). The molecule has 4 nitrogen and oxygen atoms in total. The fourth-order valence-electron chi connectivity index (χ4n) is 2.58. The highest BCUT2D eigenvalue weighted by molar-refractivity contribution is 9.10. The van der Waals surface area contributed by atoms with Crippen molar-refractivity contribution in [2.24, 2.45) is 0 Å². The number of nitrogens with one attached hydrogen (secondary N) is 2. The number of aryl methyl sites for hydroxylation is 2. The Kier molecular flexibility index (Phi) is 3.37. The predicted molar refractivity (Wildman–Crippen MR) is 90.1 cm³/mol. The van der Waals surface area contributed by atoms with E-state index in [1.807, 2.05) is 12.1 Å². The van der Waals surface area contributed by atoms with E-state index in [-0.39, 0.29) is 5.91 Å². The van der Waals surface area contributed by atoms with Crippen LogP contribution in [-0.2, 0) is 11.2 Å². The fourth-order valence-corrected chi connectivity index (χ4v) is 2.80. The molecule has 0 atom stereocenters. The lowest BCUT2D eigenvalue weighted by molar-refractivity contribution is -0.115. The molecule has 4 N–H and O–H groups in total. The van der Waals surface area contributed by atoms with E-state index in [0.29, 0.717) is 12.1 Å². The molecule has 0 fully saturated rings. The van der Waals surface area contributed by atoms with Gasteiger partial charge in [-0.15, -0.1) is 0 Å². The van der Waals surface area contributed by atoms with E-state index in [0.717, 1.165) is 38.2 Å². The molecular weight excluding hydrogens is 330 g/mol. The van der Waals surface area contributed by atoms with Crippen LogP contribution in [0.15, 0.2) is 28.7 Å². The second-order valence-corrected chi connectivity index (χ2v) is 6.16. The SMILES string of the molecule is Cc1cc(Nc2cc3c(cc2N)CC(=O)N3)cc(C)c1Br. The zero-order valence-corrected chi connectivity index (χ0v) is 13.5. The smallest absolute Gasteiger partial charge is 0.228 e. The number of amides is 1. The first-order valence-electron chi connectivity index (χ1n) is 6.70. The second kappa shape index (κ2) is 5.07. The zero-order valence-electron chi connectivity index (χ0n) is 11.9. The highest BCUT2D eigenvalue weighted by Crippen LogP contribution is 2.34. The van der Waals surface area contributed by atoms with Crippen LogP contribution in [0, 0.1) is 13.8 Å². The van der Waals surface area contributed by atoms with Crippen LogP contribution in [-0.4, -0.2) is 5.91 Å². The van der Waals surface area contributed by atoms with Crippen molar-refractivity contribution in [2.75, 3.05) is 16.4 Å². The lowest BCUT2D eigenvalue weighted by Crippen LogP contribution is -2.03. The van der Waals surface area contributed by atoms with Gasteiger partial charge in [0.1, 0.15) is 0 Å². The summed E-state index contributed by atoms with van der Waals surface area (Å²) in [4.78, 5) is 11.4. The molecule has 21 heavy (non-hydrogen) atoms. The molecule has 2 aromatic rings. The molecule has 0 aromatic heterocycles. The van der Waals surface area contributed by atoms with Crippen LogP contribution in [0.25, 0.3) is 0 Å². The number of nitrogens with two attached hydrogens (primary N) is 1. The molecule has 0 radical (unpaired) electrons. The van der Waals surface area contributed by atoms with E-state index in [2.05, 4.69) is 52.5 Å². The summed E-state index contributed by atoms with van der Waals surface area (Å²) in [7, 11) is 0. The minimum atomic E-state index is 0.0110. The van der Waals surface area contributed by atoms with Crippen LogP contribution in [0.5, 0.6) is 0 Å². The summed E-state index contributed by atoms with van der Waals surface area (Å²) >= 11 is 3.56. The molecule has 0 saturated carbocycles. The Morgan fingerprint density at radius 2 is 1.86 bits per heavy atom. The Bertz CT molecular complexity index is 732. The third-order valence-corrected chi connectivity index (χ3v) is 4.87. The van der Waals surface area contributed by atoms with Crippen molar-refractivity contribution in [2.45, 2.75) is 20.3 Å². The van der Waals surface area contributed by atoms with Crippen molar-refractivity contribution in [3.8, 4) is 0 Å². The van der Waals surface area contributed by atoms with Crippen LogP contribution in [0.2, 0.25) is 0 Å². The van der Waals surface area contributed by atoms with Gasteiger partial charge in [-0.05, 0) is 54.8 Å². The molecule has 0 aliphatic carbocycles. The first-order chi connectivity index (χ1) is 9.94. The van der Waals surface area contributed by atoms with Gasteiger partial charge < -0.3 is 16.4 Å². The quantitative estimate of drug-likeness (QED) is 0.723. The number of halogens is 1. The third-order valence-electron chi connectivity index (χ3n) is 3.62. The maximum Gasteiger partial charge on any atom is 0.228 e. The van der Waals surface area contributed by atoms with Gasteiger partial charge >= 0.3 is 0 Å². The topological polar surface area (TPSA) is 67.1 Å². The Labute approximate surface area is 131 Å². The number of benzene rings is 2. The molecule has 1 amide bonds. The number of fused-ring (bicyclic) bond motifs is 1. The van der Waals surface area contributed by atoms with Gasteiger partial charge in [-0.3, -0.25) is 4.79 Å². The third kappa shape index (κ3) is 2.61. The highest BCUT2D eigenvalue weighted by Gasteiger charge is 2.19. The second-order valence-electron chi connectivity index (χ2n) is 5.37. The summed E-state index contributed by atoms with van der Waals surface area (Å²) < 4.78 is 1.11. The van der Waals surface area contributed by atoms with Crippen molar-refractivity contribution in [1.29, 1.82) is 0 Å². The maximum absolute atomic E-state index is 11.4. The Hall–Kier alpha value is -2.01. The Balaban J connectivity index is 1.96. The van der Waals surface area contributed by atoms with Crippen LogP contribution in [0.4, 0.5) is 22.7 Å². The summed E-state index contributed by atoms with van der Waals surface area (Å²) in [5.41, 5.74) is 12.6. The number of rotatable bonds is 2. The van der Waals surface area contributed by atoms with Gasteiger partial charge in [-0.2, -0.15) is 0 Å².